The first-order chi connectivity index (χ1) is 7.40. The molecule has 2 rings (SSSR count). The number of ether oxygens (including phenoxy) is 1. The number of piperidine rings is 2. The Balaban J connectivity index is 1.72. The lowest BCUT2D eigenvalue weighted by atomic mass is 10.0. The highest BCUT2D eigenvalue weighted by atomic mass is 16.5. The standard InChI is InChI=1S/C12H24N2O/c1-15-11-13-9-5-12(6-10-13)14-7-3-2-4-8-14/h12H,2-11H2,1H3. The third-order valence-electron chi connectivity index (χ3n) is 3.78. The van der Waals surface area contributed by atoms with Crippen LogP contribution in [0.25, 0.3) is 0 Å². The van der Waals surface area contributed by atoms with Crippen LogP contribution in [-0.4, -0.2) is 55.9 Å². The third-order valence-corrected chi connectivity index (χ3v) is 3.78. The molecule has 0 N–H and O–H groups in total. The van der Waals surface area contributed by atoms with Crippen LogP contribution in [0.15, 0.2) is 0 Å². The average molecular weight is 212 g/mol. The van der Waals surface area contributed by atoms with Crippen LogP contribution in [0.5, 0.6) is 0 Å². The van der Waals surface area contributed by atoms with Crippen molar-refractivity contribution >= 4 is 0 Å². The summed E-state index contributed by atoms with van der Waals surface area (Å²) >= 11 is 0. The van der Waals surface area contributed by atoms with E-state index in [2.05, 4.69) is 9.80 Å². The molecule has 15 heavy (non-hydrogen) atoms. The summed E-state index contributed by atoms with van der Waals surface area (Å²) < 4.78 is 5.17. The molecule has 0 radical (unpaired) electrons. The van der Waals surface area contributed by atoms with Gasteiger partial charge in [-0.1, -0.05) is 6.42 Å². The Bertz CT molecular complexity index is 172. The lowest BCUT2D eigenvalue weighted by molar-refractivity contribution is 0.0220. The van der Waals surface area contributed by atoms with Gasteiger partial charge in [-0.3, -0.25) is 4.90 Å². The molecule has 3 nitrogen and oxygen atoms in total. The molecule has 0 aromatic carbocycles. The van der Waals surface area contributed by atoms with Gasteiger partial charge in [0.2, 0.25) is 0 Å². The molecule has 3 heteroatoms. The van der Waals surface area contributed by atoms with E-state index in [1.54, 1.807) is 7.11 Å². The Labute approximate surface area is 93.4 Å². The van der Waals surface area contributed by atoms with E-state index in [0.29, 0.717) is 0 Å². The van der Waals surface area contributed by atoms with E-state index in [-0.39, 0.29) is 0 Å². The van der Waals surface area contributed by atoms with E-state index in [1.807, 2.05) is 0 Å². The van der Waals surface area contributed by atoms with Crippen molar-refractivity contribution in [2.75, 3.05) is 40.0 Å². The first-order valence-electron chi connectivity index (χ1n) is 6.35. The van der Waals surface area contributed by atoms with E-state index in [0.717, 1.165) is 12.8 Å². The highest BCUT2D eigenvalue weighted by Crippen LogP contribution is 2.20. The summed E-state index contributed by atoms with van der Waals surface area (Å²) in [5.74, 6) is 0. The lowest BCUT2D eigenvalue weighted by Crippen LogP contribution is -2.47. The Morgan fingerprint density at radius 3 is 2.27 bits per heavy atom. The van der Waals surface area contributed by atoms with Crippen molar-refractivity contribution < 1.29 is 4.74 Å². The molecular formula is C12H24N2O. The van der Waals surface area contributed by atoms with Crippen molar-refractivity contribution in [1.29, 1.82) is 0 Å². The number of nitrogens with zero attached hydrogens (tertiary/aromatic N) is 2. The summed E-state index contributed by atoms with van der Waals surface area (Å²) in [6.45, 7) is 5.93. The van der Waals surface area contributed by atoms with Gasteiger partial charge in [0, 0.05) is 26.2 Å². The predicted octanol–water partition coefficient (Wildman–Crippen LogP) is 1.54. The van der Waals surface area contributed by atoms with E-state index in [9.17, 15) is 0 Å². The largest absolute Gasteiger partial charge is 0.369 e. The Kier molecular flexibility index (Phi) is 4.42. The molecule has 2 fully saturated rings. The Morgan fingerprint density at radius 1 is 1.00 bits per heavy atom. The lowest BCUT2D eigenvalue weighted by Gasteiger charge is -2.39. The number of hydrogen-bond acceptors (Lipinski definition) is 3. The fourth-order valence-electron chi connectivity index (χ4n) is 2.88. The van der Waals surface area contributed by atoms with Crippen LogP contribution < -0.4 is 0 Å². The van der Waals surface area contributed by atoms with Crippen molar-refractivity contribution in [3.05, 3.63) is 0 Å². The quantitative estimate of drug-likeness (QED) is 0.706. The fraction of sp³-hybridized carbons (Fsp3) is 1.00. The monoisotopic (exact) mass is 212 g/mol. The predicted molar refractivity (Wildman–Crippen MR) is 61.9 cm³/mol. The zero-order chi connectivity index (χ0) is 10.5. The molecule has 2 saturated heterocycles. The van der Waals surface area contributed by atoms with Crippen molar-refractivity contribution in [2.24, 2.45) is 0 Å². The van der Waals surface area contributed by atoms with Gasteiger partial charge in [-0.2, -0.15) is 0 Å². The van der Waals surface area contributed by atoms with Crippen LogP contribution in [0, 0.1) is 0 Å². The highest BCUT2D eigenvalue weighted by Gasteiger charge is 2.25. The van der Waals surface area contributed by atoms with Gasteiger partial charge in [-0.15, -0.1) is 0 Å². The molecule has 0 spiro atoms. The molecule has 0 atom stereocenters. The molecule has 0 aromatic rings. The summed E-state index contributed by atoms with van der Waals surface area (Å²) in [5, 5.41) is 0. The maximum atomic E-state index is 5.17. The smallest absolute Gasteiger partial charge is 0.0986 e. The van der Waals surface area contributed by atoms with Crippen molar-refractivity contribution in [3.8, 4) is 0 Å². The normalized spacial score (nSPS) is 27.0. The van der Waals surface area contributed by atoms with Crippen molar-refractivity contribution in [2.45, 2.75) is 38.1 Å². The van der Waals surface area contributed by atoms with E-state index in [4.69, 9.17) is 4.74 Å². The van der Waals surface area contributed by atoms with E-state index in [1.165, 1.54) is 58.3 Å². The molecule has 0 unspecified atom stereocenters. The van der Waals surface area contributed by atoms with Crippen LogP contribution >= 0.6 is 0 Å². The van der Waals surface area contributed by atoms with Gasteiger partial charge < -0.3 is 9.64 Å². The molecule has 2 aliphatic rings. The minimum Gasteiger partial charge on any atom is -0.369 e. The zero-order valence-electron chi connectivity index (χ0n) is 9.95. The summed E-state index contributed by atoms with van der Waals surface area (Å²) in [6.07, 6.45) is 6.95. The molecular weight excluding hydrogens is 188 g/mol. The molecule has 0 amide bonds. The van der Waals surface area contributed by atoms with Gasteiger partial charge in [0.15, 0.2) is 0 Å². The number of rotatable bonds is 3. The van der Waals surface area contributed by atoms with Crippen molar-refractivity contribution in [3.63, 3.8) is 0 Å². The zero-order valence-corrected chi connectivity index (χ0v) is 9.95. The fourth-order valence-corrected chi connectivity index (χ4v) is 2.88. The molecule has 0 aromatic heterocycles. The summed E-state index contributed by atoms with van der Waals surface area (Å²) in [6, 6.07) is 0.860. The van der Waals surface area contributed by atoms with Crippen LogP contribution in [0.3, 0.4) is 0 Å². The second-order valence-corrected chi connectivity index (χ2v) is 4.86. The highest BCUT2D eigenvalue weighted by molar-refractivity contribution is 4.80. The summed E-state index contributed by atoms with van der Waals surface area (Å²) in [5.41, 5.74) is 0. The molecule has 0 aliphatic carbocycles. The van der Waals surface area contributed by atoms with Gasteiger partial charge in [-0.25, -0.2) is 0 Å². The topological polar surface area (TPSA) is 15.7 Å². The molecule has 0 saturated carbocycles. The average Bonchev–Trinajstić information content (AvgIpc) is 2.32. The van der Waals surface area contributed by atoms with Gasteiger partial charge in [0.05, 0.1) is 6.73 Å². The molecule has 88 valence electrons. The first-order valence-corrected chi connectivity index (χ1v) is 6.35. The number of likely N-dealkylation sites (tertiary alicyclic amines) is 2. The second kappa shape index (κ2) is 5.83. The Morgan fingerprint density at radius 2 is 1.67 bits per heavy atom. The SMILES string of the molecule is COCN1CCC(N2CCCCC2)CC1. The van der Waals surface area contributed by atoms with Crippen LogP contribution in [0.4, 0.5) is 0 Å². The third kappa shape index (κ3) is 3.16. The minimum absolute atomic E-state index is 0.812. The molecule has 2 aliphatic heterocycles. The second-order valence-electron chi connectivity index (χ2n) is 4.86. The van der Waals surface area contributed by atoms with E-state index >= 15 is 0 Å². The number of hydrogen-bond donors (Lipinski definition) is 0. The Hall–Kier alpha value is -0.120. The minimum atomic E-state index is 0.812. The maximum Gasteiger partial charge on any atom is 0.0986 e. The van der Waals surface area contributed by atoms with Crippen LogP contribution in [-0.2, 0) is 4.74 Å². The van der Waals surface area contributed by atoms with Crippen LogP contribution in [0.2, 0.25) is 0 Å². The first kappa shape index (κ1) is 11.4. The number of methoxy groups -OCH3 is 1. The van der Waals surface area contributed by atoms with Gasteiger partial charge >= 0.3 is 0 Å². The summed E-state index contributed by atoms with van der Waals surface area (Å²) in [7, 11) is 1.79. The van der Waals surface area contributed by atoms with E-state index < -0.39 is 0 Å². The molecule has 2 heterocycles. The van der Waals surface area contributed by atoms with Crippen molar-refractivity contribution in [1.82, 2.24) is 9.80 Å². The molecule has 0 bridgehead atoms. The van der Waals surface area contributed by atoms with Crippen LogP contribution in [0.1, 0.15) is 32.1 Å². The maximum absolute atomic E-state index is 5.17. The van der Waals surface area contributed by atoms with Gasteiger partial charge in [0.1, 0.15) is 0 Å². The summed E-state index contributed by atoms with van der Waals surface area (Å²) in [4.78, 5) is 5.13. The van der Waals surface area contributed by atoms with Gasteiger partial charge in [0.25, 0.3) is 0 Å². The van der Waals surface area contributed by atoms with Gasteiger partial charge in [-0.05, 0) is 38.8 Å².